The molecule has 5 heteroatoms. The quantitative estimate of drug-likeness (QED) is 0.902. The highest BCUT2D eigenvalue weighted by molar-refractivity contribution is 7.99. The van der Waals surface area contributed by atoms with Crippen LogP contribution in [0.3, 0.4) is 0 Å². The molecule has 0 fully saturated rings. The first-order valence-corrected chi connectivity index (χ1v) is 5.76. The number of benzene rings is 1. The molecule has 86 valence electrons. The molecule has 1 heterocycles. The molecule has 0 saturated carbocycles. The average Bonchev–Trinajstić information content (AvgIpc) is 2.29. The first-order chi connectivity index (χ1) is 8.15. The van der Waals surface area contributed by atoms with Crippen LogP contribution >= 0.6 is 11.8 Å². The van der Waals surface area contributed by atoms with Crippen LogP contribution in [0.1, 0.15) is 16.1 Å². The fourth-order valence-corrected chi connectivity index (χ4v) is 2.12. The Bertz CT molecular complexity index is 540. The van der Waals surface area contributed by atoms with Crippen molar-refractivity contribution in [2.24, 2.45) is 0 Å². The van der Waals surface area contributed by atoms with E-state index in [1.165, 1.54) is 29.7 Å². The van der Waals surface area contributed by atoms with Crippen LogP contribution in [0.15, 0.2) is 46.6 Å². The van der Waals surface area contributed by atoms with E-state index in [-0.39, 0.29) is 5.69 Å². The average molecular weight is 246 g/mol. The maximum atomic E-state index is 10.6. The molecule has 0 aliphatic carbocycles. The van der Waals surface area contributed by atoms with Crippen molar-refractivity contribution in [3.8, 4) is 0 Å². The molecule has 2 rings (SSSR count). The molecule has 2 aromatic rings. The summed E-state index contributed by atoms with van der Waals surface area (Å²) in [5, 5.41) is 9.37. The normalized spacial score (nSPS) is 10.2. The largest absolute Gasteiger partial charge is 0.476 e. The summed E-state index contributed by atoms with van der Waals surface area (Å²) in [7, 11) is 0. The third kappa shape index (κ3) is 3.04. The smallest absolute Gasteiger partial charge is 0.356 e. The lowest BCUT2D eigenvalue weighted by atomic mass is 10.2. The standard InChI is InChI=1S/C12H10N2O2S/c1-8-3-2-4-9(5-8)17-11-7-13-10(6-14-11)12(15)16/h2-7H,1H3,(H,15,16). The van der Waals surface area contributed by atoms with Gasteiger partial charge in [0.2, 0.25) is 0 Å². The van der Waals surface area contributed by atoms with Crippen molar-refractivity contribution in [1.29, 1.82) is 0 Å². The Morgan fingerprint density at radius 2 is 2.12 bits per heavy atom. The van der Waals surface area contributed by atoms with Crippen molar-refractivity contribution in [2.75, 3.05) is 0 Å². The molecule has 1 aromatic carbocycles. The summed E-state index contributed by atoms with van der Waals surface area (Å²) in [6.45, 7) is 2.02. The second-order valence-corrected chi connectivity index (χ2v) is 4.56. The summed E-state index contributed by atoms with van der Waals surface area (Å²) in [6.07, 6.45) is 2.73. The first-order valence-electron chi connectivity index (χ1n) is 4.95. The SMILES string of the molecule is Cc1cccc(Sc2cnc(C(=O)O)cn2)c1. The van der Waals surface area contributed by atoms with Gasteiger partial charge in [-0.05, 0) is 19.1 Å². The molecule has 4 nitrogen and oxygen atoms in total. The van der Waals surface area contributed by atoms with Crippen molar-refractivity contribution in [1.82, 2.24) is 9.97 Å². The molecule has 0 unspecified atom stereocenters. The van der Waals surface area contributed by atoms with E-state index in [9.17, 15) is 4.79 Å². The van der Waals surface area contributed by atoms with Gasteiger partial charge in [0.25, 0.3) is 0 Å². The molecule has 0 radical (unpaired) electrons. The van der Waals surface area contributed by atoms with Gasteiger partial charge in [-0.2, -0.15) is 0 Å². The van der Waals surface area contributed by atoms with Crippen LogP contribution in [0.5, 0.6) is 0 Å². The zero-order valence-electron chi connectivity index (χ0n) is 9.12. The lowest BCUT2D eigenvalue weighted by molar-refractivity contribution is 0.0689. The van der Waals surface area contributed by atoms with E-state index >= 15 is 0 Å². The van der Waals surface area contributed by atoms with Crippen molar-refractivity contribution < 1.29 is 9.90 Å². The van der Waals surface area contributed by atoms with Gasteiger partial charge in [0.1, 0.15) is 5.03 Å². The van der Waals surface area contributed by atoms with Crippen LogP contribution in [-0.4, -0.2) is 21.0 Å². The molecular weight excluding hydrogens is 236 g/mol. The molecule has 0 bridgehead atoms. The monoisotopic (exact) mass is 246 g/mol. The first kappa shape index (κ1) is 11.6. The Hall–Kier alpha value is -1.88. The molecule has 0 aliphatic rings. The zero-order chi connectivity index (χ0) is 12.3. The predicted octanol–water partition coefficient (Wildman–Crippen LogP) is 2.63. The molecule has 0 atom stereocenters. The van der Waals surface area contributed by atoms with E-state index in [4.69, 9.17) is 5.11 Å². The fraction of sp³-hybridized carbons (Fsp3) is 0.0833. The van der Waals surface area contributed by atoms with Crippen molar-refractivity contribution in [2.45, 2.75) is 16.8 Å². The lowest BCUT2D eigenvalue weighted by Crippen LogP contribution is -2.00. The molecule has 1 aromatic heterocycles. The summed E-state index contributed by atoms with van der Waals surface area (Å²) in [4.78, 5) is 19.5. The summed E-state index contributed by atoms with van der Waals surface area (Å²) < 4.78 is 0. The van der Waals surface area contributed by atoms with Gasteiger partial charge in [0, 0.05) is 4.90 Å². The van der Waals surface area contributed by atoms with Gasteiger partial charge in [0.05, 0.1) is 12.4 Å². The molecule has 17 heavy (non-hydrogen) atoms. The highest BCUT2D eigenvalue weighted by Crippen LogP contribution is 2.25. The second-order valence-electron chi connectivity index (χ2n) is 3.46. The highest BCUT2D eigenvalue weighted by atomic mass is 32.2. The van der Waals surface area contributed by atoms with E-state index in [1.54, 1.807) is 0 Å². The number of carbonyl (C=O) groups is 1. The van der Waals surface area contributed by atoms with Crippen LogP contribution in [-0.2, 0) is 0 Å². The van der Waals surface area contributed by atoms with Gasteiger partial charge >= 0.3 is 5.97 Å². The van der Waals surface area contributed by atoms with Crippen LogP contribution < -0.4 is 0 Å². The van der Waals surface area contributed by atoms with E-state index in [0.717, 1.165) is 4.90 Å². The van der Waals surface area contributed by atoms with Crippen molar-refractivity contribution in [3.63, 3.8) is 0 Å². The minimum absolute atomic E-state index is 0.0430. The molecule has 0 spiro atoms. The maximum absolute atomic E-state index is 10.6. The number of hydrogen-bond acceptors (Lipinski definition) is 4. The van der Waals surface area contributed by atoms with Crippen molar-refractivity contribution in [3.05, 3.63) is 47.9 Å². The number of carboxylic acid groups (broad SMARTS) is 1. The number of hydrogen-bond donors (Lipinski definition) is 1. The summed E-state index contributed by atoms with van der Waals surface area (Å²) >= 11 is 1.46. The van der Waals surface area contributed by atoms with E-state index in [0.29, 0.717) is 5.03 Å². The Kier molecular flexibility index (Phi) is 3.39. The zero-order valence-corrected chi connectivity index (χ0v) is 9.94. The lowest BCUT2D eigenvalue weighted by Gasteiger charge is -2.01. The van der Waals surface area contributed by atoms with Crippen molar-refractivity contribution >= 4 is 17.7 Å². The number of rotatable bonds is 3. The Labute approximate surface area is 103 Å². The predicted molar refractivity (Wildman–Crippen MR) is 64.3 cm³/mol. The third-order valence-corrected chi connectivity index (χ3v) is 2.97. The summed E-state index contributed by atoms with van der Waals surface area (Å²) in [5.74, 6) is -1.07. The molecular formula is C12H10N2O2S. The summed E-state index contributed by atoms with van der Waals surface area (Å²) in [5.41, 5.74) is 1.13. The van der Waals surface area contributed by atoms with Gasteiger partial charge in [-0.3, -0.25) is 0 Å². The van der Waals surface area contributed by atoms with Gasteiger partial charge in [-0.25, -0.2) is 14.8 Å². The Morgan fingerprint density at radius 3 is 2.71 bits per heavy atom. The number of aryl methyl sites for hydroxylation is 1. The fourth-order valence-electron chi connectivity index (χ4n) is 1.28. The van der Waals surface area contributed by atoms with E-state index in [2.05, 4.69) is 9.97 Å². The van der Waals surface area contributed by atoms with Crippen LogP contribution in [0.4, 0.5) is 0 Å². The van der Waals surface area contributed by atoms with E-state index < -0.39 is 5.97 Å². The molecule has 0 saturated heterocycles. The molecule has 0 amide bonds. The van der Waals surface area contributed by atoms with Gasteiger partial charge < -0.3 is 5.11 Å². The third-order valence-electron chi connectivity index (χ3n) is 2.06. The van der Waals surface area contributed by atoms with Gasteiger partial charge in [0.15, 0.2) is 5.69 Å². The highest BCUT2D eigenvalue weighted by Gasteiger charge is 2.05. The second kappa shape index (κ2) is 4.97. The van der Waals surface area contributed by atoms with Gasteiger partial charge in [-0.1, -0.05) is 29.5 Å². The number of aromatic carboxylic acids is 1. The minimum atomic E-state index is -1.07. The Morgan fingerprint density at radius 1 is 1.29 bits per heavy atom. The van der Waals surface area contributed by atoms with Crippen LogP contribution in [0, 0.1) is 6.92 Å². The van der Waals surface area contributed by atoms with Gasteiger partial charge in [-0.15, -0.1) is 0 Å². The number of carboxylic acids is 1. The Balaban J connectivity index is 2.16. The minimum Gasteiger partial charge on any atom is -0.476 e. The van der Waals surface area contributed by atoms with E-state index in [1.807, 2.05) is 31.2 Å². The molecule has 1 N–H and O–H groups in total. The topological polar surface area (TPSA) is 63.1 Å². The number of aromatic nitrogens is 2. The molecule has 0 aliphatic heterocycles. The maximum Gasteiger partial charge on any atom is 0.356 e. The van der Waals surface area contributed by atoms with Crippen LogP contribution in [0.2, 0.25) is 0 Å². The van der Waals surface area contributed by atoms with Crippen LogP contribution in [0.25, 0.3) is 0 Å². The summed E-state index contributed by atoms with van der Waals surface area (Å²) in [6, 6.07) is 8.00. The number of nitrogens with zero attached hydrogens (tertiary/aromatic N) is 2.